The lowest BCUT2D eigenvalue weighted by Gasteiger charge is -2.39. The summed E-state index contributed by atoms with van der Waals surface area (Å²) in [6.07, 6.45) is 0.432. The van der Waals surface area contributed by atoms with Crippen molar-refractivity contribution in [2.45, 2.75) is 12.5 Å². The van der Waals surface area contributed by atoms with Crippen molar-refractivity contribution in [1.82, 2.24) is 9.80 Å². The average Bonchev–Trinajstić information content (AvgIpc) is 2.41. The summed E-state index contributed by atoms with van der Waals surface area (Å²) in [7, 11) is 2.07. The zero-order chi connectivity index (χ0) is 13.8. The zero-order valence-electron chi connectivity index (χ0n) is 11.6. The smallest absolute Gasteiger partial charge is 0.227 e. The van der Waals surface area contributed by atoms with Gasteiger partial charge in [-0.15, -0.1) is 12.4 Å². The quantitative estimate of drug-likeness (QED) is 0.887. The van der Waals surface area contributed by atoms with E-state index in [2.05, 4.69) is 27.9 Å². The van der Waals surface area contributed by atoms with Crippen molar-refractivity contribution in [3.63, 3.8) is 0 Å². The van der Waals surface area contributed by atoms with E-state index in [4.69, 9.17) is 5.73 Å². The second-order valence-corrected chi connectivity index (χ2v) is 5.86. The van der Waals surface area contributed by atoms with Crippen LogP contribution in [0.2, 0.25) is 0 Å². The van der Waals surface area contributed by atoms with Crippen molar-refractivity contribution in [2.75, 3.05) is 33.2 Å². The number of carbonyl (C=O) groups excluding carboxylic acids is 1. The van der Waals surface area contributed by atoms with Gasteiger partial charge in [0.15, 0.2) is 0 Å². The van der Waals surface area contributed by atoms with E-state index >= 15 is 0 Å². The highest BCUT2D eigenvalue weighted by molar-refractivity contribution is 9.10. The fourth-order valence-corrected chi connectivity index (χ4v) is 2.87. The topological polar surface area (TPSA) is 49.6 Å². The molecule has 1 aliphatic rings. The third kappa shape index (κ3) is 4.19. The Morgan fingerprint density at radius 2 is 2.10 bits per heavy atom. The predicted molar refractivity (Wildman–Crippen MR) is 87.1 cm³/mol. The van der Waals surface area contributed by atoms with Gasteiger partial charge in [0.1, 0.15) is 0 Å². The lowest BCUT2D eigenvalue weighted by molar-refractivity contribution is -0.134. The normalized spacial score (nSPS) is 19.6. The number of hydrogen-bond donors (Lipinski definition) is 1. The van der Waals surface area contributed by atoms with Gasteiger partial charge in [0.25, 0.3) is 0 Å². The second kappa shape index (κ2) is 7.98. The van der Waals surface area contributed by atoms with E-state index in [-0.39, 0.29) is 24.4 Å². The molecule has 1 amide bonds. The van der Waals surface area contributed by atoms with Crippen molar-refractivity contribution in [2.24, 2.45) is 5.73 Å². The maximum absolute atomic E-state index is 12.4. The Morgan fingerprint density at radius 3 is 2.75 bits per heavy atom. The highest BCUT2D eigenvalue weighted by Gasteiger charge is 2.27. The van der Waals surface area contributed by atoms with Crippen LogP contribution < -0.4 is 5.73 Å². The van der Waals surface area contributed by atoms with E-state index in [0.717, 1.165) is 29.7 Å². The molecule has 1 atom stereocenters. The minimum Gasteiger partial charge on any atom is -0.336 e. The van der Waals surface area contributed by atoms with E-state index in [0.29, 0.717) is 13.0 Å². The Bertz CT molecular complexity index is 458. The minimum atomic E-state index is 0. The van der Waals surface area contributed by atoms with E-state index in [9.17, 15) is 4.79 Å². The predicted octanol–water partition coefficient (Wildman–Crippen LogP) is 1.51. The molecule has 6 heteroatoms. The Labute approximate surface area is 134 Å². The Hall–Kier alpha value is -0.620. The number of benzene rings is 1. The molecule has 0 saturated carbocycles. The summed E-state index contributed by atoms with van der Waals surface area (Å²) in [5.74, 6) is 0.162. The molecule has 0 radical (unpaired) electrons. The summed E-state index contributed by atoms with van der Waals surface area (Å²) >= 11 is 3.49. The van der Waals surface area contributed by atoms with Gasteiger partial charge in [0.05, 0.1) is 12.5 Å². The molecule has 1 aliphatic heterocycles. The van der Waals surface area contributed by atoms with Gasteiger partial charge in [-0.1, -0.05) is 34.1 Å². The number of hydrogen-bond acceptors (Lipinski definition) is 3. The maximum Gasteiger partial charge on any atom is 0.227 e. The van der Waals surface area contributed by atoms with E-state index in [1.54, 1.807) is 0 Å². The van der Waals surface area contributed by atoms with Gasteiger partial charge in [0, 0.05) is 30.7 Å². The first kappa shape index (κ1) is 17.4. The van der Waals surface area contributed by atoms with Crippen LogP contribution in [0.4, 0.5) is 0 Å². The van der Waals surface area contributed by atoms with Crippen LogP contribution in [0.25, 0.3) is 0 Å². The fourth-order valence-electron chi connectivity index (χ4n) is 2.45. The Kier molecular flexibility index (Phi) is 6.95. The van der Waals surface area contributed by atoms with Crippen LogP contribution in [-0.2, 0) is 11.2 Å². The number of nitrogens with zero attached hydrogens (tertiary/aromatic N) is 2. The van der Waals surface area contributed by atoms with Crippen LogP contribution in [-0.4, -0.2) is 55.0 Å². The number of likely N-dealkylation sites (N-methyl/N-ethyl adjacent to an activating group) is 1. The van der Waals surface area contributed by atoms with E-state index < -0.39 is 0 Å². The van der Waals surface area contributed by atoms with Crippen LogP contribution in [0, 0.1) is 0 Å². The lowest BCUT2D eigenvalue weighted by Crippen LogP contribution is -2.57. The molecular weight excluding hydrogens is 342 g/mol. The summed E-state index contributed by atoms with van der Waals surface area (Å²) in [5, 5.41) is 0. The van der Waals surface area contributed by atoms with Crippen molar-refractivity contribution >= 4 is 34.2 Å². The maximum atomic E-state index is 12.4. The highest BCUT2D eigenvalue weighted by Crippen LogP contribution is 2.18. The van der Waals surface area contributed by atoms with Crippen molar-refractivity contribution in [3.8, 4) is 0 Å². The SMILES string of the molecule is CN1CCN(C(=O)Cc2ccccc2Br)C(CN)C1.Cl. The zero-order valence-corrected chi connectivity index (χ0v) is 14.0. The van der Waals surface area contributed by atoms with E-state index in [1.807, 2.05) is 29.2 Å². The average molecular weight is 363 g/mol. The van der Waals surface area contributed by atoms with Gasteiger partial charge in [-0.3, -0.25) is 4.79 Å². The fraction of sp³-hybridized carbons (Fsp3) is 0.500. The van der Waals surface area contributed by atoms with Gasteiger partial charge >= 0.3 is 0 Å². The number of nitrogens with two attached hydrogens (primary N) is 1. The van der Waals surface area contributed by atoms with Gasteiger partial charge in [-0.2, -0.15) is 0 Å². The molecule has 1 saturated heterocycles. The van der Waals surface area contributed by atoms with Crippen LogP contribution in [0.5, 0.6) is 0 Å². The molecule has 1 heterocycles. The number of amides is 1. The first-order valence-electron chi connectivity index (χ1n) is 6.53. The molecule has 0 aromatic heterocycles. The Morgan fingerprint density at radius 1 is 1.40 bits per heavy atom. The molecule has 2 rings (SSSR count). The summed E-state index contributed by atoms with van der Waals surface area (Å²) in [6.45, 7) is 3.06. The van der Waals surface area contributed by atoms with Gasteiger partial charge in [-0.25, -0.2) is 0 Å². The monoisotopic (exact) mass is 361 g/mol. The molecule has 1 unspecified atom stereocenters. The number of carbonyl (C=O) groups is 1. The van der Waals surface area contributed by atoms with Crippen molar-refractivity contribution in [1.29, 1.82) is 0 Å². The Balaban J connectivity index is 0.00000200. The molecule has 4 nitrogen and oxygen atoms in total. The molecule has 112 valence electrons. The summed E-state index contributed by atoms with van der Waals surface area (Å²) < 4.78 is 0.988. The first-order valence-corrected chi connectivity index (χ1v) is 7.32. The van der Waals surface area contributed by atoms with Crippen molar-refractivity contribution in [3.05, 3.63) is 34.3 Å². The van der Waals surface area contributed by atoms with Gasteiger partial charge in [-0.05, 0) is 18.7 Å². The molecule has 1 aromatic rings. The summed E-state index contributed by atoms with van der Waals surface area (Å²) in [4.78, 5) is 16.6. The molecule has 0 bridgehead atoms. The third-order valence-electron chi connectivity index (χ3n) is 3.58. The molecule has 1 fully saturated rings. The molecule has 1 aromatic carbocycles. The van der Waals surface area contributed by atoms with Crippen molar-refractivity contribution < 1.29 is 4.79 Å². The number of piperazine rings is 1. The highest BCUT2D eigenvalue weighted by atomic mass is 79.9. The summed E-state index contributed by atoms with van der Waals surface area (Å²) in [6, 6.07) is 7.99. The number of rotatable bonds is 3. The first-order chi connectivity index (χ1) is 9.11. The van der Waals surface area contributed by atoms with Crippen LogP contribution in [0.15, 0.2) is 28.7 Å². The molecule has 2 N–H and O–H groups in total. The van der Waals surface area contributed by atoms with Crippen LogP contribution in [0.1, 0.15) is 5.56 Å². The van der Waals surface area contributed by atoms with Gasteiger partial charge < -0.3 is 15.5 Å². The van der Waals surface area contributed by atoms with Crippen LogP contribution in [0.3, 0.4) is 0 Å². The largest absolute Gasteiger partial charge is 0.336 e. The lowest BCUT2D eigenvalue weighted by atomic mass is 10.1. The molecular formula is C14H21BrClN3O. The molecule has 20 heavy (non-hydrogen) atoms. The van der Waals surface area contributed by atoms with Gasteiger partial charge in [0.2, 0.25) is 5.91 Å². The van der Waals surface area contributed by atoms with Crippen LogP contribution >= 0.6 is 28.3 Å². The minimum absolute atomic E-state index is 0. The van der Waals surface area contributed by atoms with E-state index in [1.165, 1.54) is 0 Å². The second-order valence-electron chi connectivity index (χ2n) is 5.01. The molecule has 0 aliphatic carbocycles. The number of halogens is 2. The summed E-state index contributed by atoms with van der Waals surface area (Å²) in [5.41, 5.74) is 6.82. The molecule has 0 spiro atoms. The third-order valence-corrected chi connectivity index (χ3v) is 4.35. The standard InChI is InChI=1S/C14H20BrN3O.ClH/c1-17-6-7-18(12(9-16)10-17)14(19)8-11-4-2-3-5-13(11)15;/h2-5,12H,6-10,16H2,1H3;1H.